The van der Waals surface area contributed by atoms with Crippen molar-refractivity contribution in [3.05, 3.63) is 22.8 Å². The monoisotopic (exact) mass is 253 g/mol. The molecule has 1 aromatic heterocycles. The maximum atomic E-state index is 6.02. The molecule has 94 valence electrons. The fraction of sp³-hybridized carbons (Fsp3) is 0.615. The van der Waals surface area contributed by atoms with Crippen LogP contribution in [0.15, 0.2) is 12.3 Å². The standard InChI is InChI=1S/C13H20ClN3/c1-9(2)10-3-4-17(8-10)13-5-11(6-15)12(14)7-16-13/h5,7,9-10H,3-4,6,8,15H2,1-2H3. The van der Waals surface area contributed by atoms with Gasteiger partial charge in [0.05, 0.1) is 5.02 Å². The molecule has 0 aliphatic carbocycles. The van der Waals surface area contributed by atoms with Gasteiger partial charge in [-0.3, -0.25) is 0 Å². The summed E-state index contributed by atoms with van der Waals surface area (Å²) < 4.78 is 0. The van der Waals surface area contributed by atoms with Gasteiger partial charge in [0.15, 0.2) is 0 Å². The van der Waals surface area contributed by atoms with E-state index in [0.29, 0.717) is 11.6 Å². The number of pyridine rings is 1. The lowest BCUT2D eigenvalue weighted by atomic mass is 9.95. The highest BCUT2D eigenvalue weighted by molar-refractivity contribution is 6.31. The fourth-order valence-electron chi connectivity index (χ4n) is 2.34. The van der Waals surface area contributed by atoms with Crippen LogP contribution >= 0.6 is 11.6 Å². The lowest BCUT2D eigenvalue weighted by Gasteiger charge is -2.19. The summed E-state index contributed by atoms with van der Waals surface area (Å²) in [7, 11) is 0. The summed E-state index contributed by atoms with van der Waals surface area (Å²) in [6.07, 6.45) is 2.96. The molecule has 0 bridgehead atoms. The predicted octanol–water partition coefficient (Wildman–Crippen LogP) is 2.68. The second-order valence-corrected chi connectivity index (χ2v) is 5.48. The Labute approximate surface area is 108 Å². The van der Waals surface area contributed by atoms with E-state index in [0.717, 1.165) is 36.3 Å². The van der Waals surface area contributed by atoms with Crippen molar-refractivity contribution in [1.82, 2.24) is 4.98 Å². The van der Waals surface area contributed by atoms with E-state index in [1.54, 1.807) is 6.20 Å². The first kappa shape index (κ1) is 12.7. The summed E-state index contributed by atoms with van der Waals surface area (Å²) in [4.78, 5) is 6.73. The fourth-order valence-corrected chi connectivity index (χ4v) is 2.52. The van der Waals surface area contributed by atoms with E-state index >= 15 is 0 Å². The first-order valence-corrected chi connectivity index (χ1v) is 6.59. The Morgan fingerprint density at radius 2 is 2.35 bits per heavy atom. The molecule has 1 fully saturated rings. The molecule has 0 spiro atoms. The number of anilines is 1. The molecule has 17 heavy (non-hydrogen) atoms. The van der Waals surface area contributed by atoms with Crippen molar-refractivity contribution >= 4 is 17.4 Å². The molecule has 4 heteroatoms. The van der Waals surface area contributed by atoms with Gasteiger partial charge in [0, 0.05) is 25.8 Å². The number of nitrogens with two attached hydrogens (primary N) is 1. The molecule has 3 nitrogen and oxygen atoms in total. The molecule has 1 unspecified atom stereocenters. The van der Waals surface area contributed by atoms with Gasteiger partial charge in [0.25, 0.3) is 0 Å². The highest BCUT2D eigenvalue weighted by Gasteiger charge is 2.25. The zero-order valence-corrected chi connectivity index (χ0v) is 11.2. The average molecular weight is 254 g/mol. The summed E-state index contributed by atoms with van der Waals surface area (Å²) in [6.45, 7) is 7.22. The van der Waals surface area contributed by atoms with Crippen LogP contribution in [0.1, 0.15) is 25.8 Å². The molecule has 1 atom stereocenters. The third-order valence-electron chi connectivity index (χ3n) is 3.63. The van der Waals surface area contributed by atoms with Crippen LogP contribution in [0.25, 0.3) is 0 Å². The molecule has 0 amide bonds. The third kappa shape index (κ3) is 2.72. The largest absolute Gasteiger partial charge is 0.356 e. The Morgan fingerprint density at radius 1 is 1.59 bits per heavy atom. The van der Waals surface area contributed by atoms with Crippen LogP contribution in [0.4, 0.5) is 5.82 Å². The predicted molar refractivity (Wildman–Crippen MR) is 72.3 cm³/mol. The lowest BCUT2D eigenvalue weighted by molar-refractivity contribution is 0.422. The van der Waals surface area contributed by atoms with Gasteiger partial charge in [-0.05, 0) is 29.9 Å². The summed E-state index contributed by atoms with van der Waals surface area (Å²) in [5.41, 5.74) is 6.64. The summed E-state index contributed by atoms with van der Waals surface area (Å²) >= 11 is 6.02. The lowest BCUT2D eigenvalue weighted by Crippen LogP contribution is -2.22. The van der Waals surface area contributed by atoms with Crippen LogP contribution in [0.3, 0.4) is 0 Å². The summed E-state index contributed by atoms with van der Waals surface area (Å²) in [6, 6.07) is 2.02. The van der Waals surface area contributed by atoms with Crippen LogP contribution in [0.5, 0.6) is 0 Å². The molecule has 0 saturated carbocycles. The molecule has 2 rings (SSSR count). The number of hydrogen-bond donors (Lipinski definition) is 1. The van der Waals surface area contributed by atoms with Gasteiger partial charge in [-0.15, -0.1) is 0 Å². The molecule has 1 saturated heterocycles. The van der Waals surface area contributed by atoms with Crippen molar-refractivity contribution < 1.29 is 0 Å². The highest BCUT2D eigenvalue weighted by Crippen LogP contribution is 2.28. The van der Waals surface area contributed by atoms with E-state index in [1.165, 1.54) is 6.42 Å². The summed E-state index contributed by atoms with van der Waals surface area (Å²) in [5, 5.41) is 0.663. The van der Waals surface area contributed by atoms with E-state index in [-0.39, 0.29) is 0 Å². The molecule has 2 N–H and O–H groups in total. The quantitative estimate of drug-likeness (QED) is 0.901. The van der Waals surface area contributed by atoms with Gasteiger partial charge in [-0.2, -0.15) is 0 Å². The van der Waals surface area contributed by atoms with Crippen molar-refractivity contribution in [2.75, 3.05) is 18.0 Å². The third-order valence-corrected chi connectivity index (χ3v) is 3.97. The van der Waals surface area contributed by atoms with Crippen LogP contribution in [0.2, 0.25) is 5.02 Å². The Kier molecular flexibility index (Phi) is 3.89. The molecule has 1 aliphatic heterocycles. The summed E-state index contributed by atoms with van der Waals surface area (Å²) in [5.74, 6) is 2.52. The number of hydrogen-bond acceptors (Lipinski definition) is 3. The number of halogens is 1. The first-order chi connectivity index (χ1) is 8.11. The SMILES string of the molecule is CC(C)C1CCN(c2cc(CN)c(Cl)cn2)C1. The average Bonchev–Trinajstić information content (AvgIpc) is 2.79. The topological polar surface area (TPSA) is 42.1 Å². The van der Waals surface area contributed by atoms with Crippen molar-refractivity contribution in [2.24, 2.45) is 17.6 Å². The van der Waals surface area contributed by atoms with Crippen LogP contribution < -0.4 is 10.6 Å². The molecule has 1 aromatic rings. The van der Waals surface area contributed by atoms with Gasteiger partial charge in [-0.1, -0.05) is 25.4 Å². The normalized spacial score (nSPS) is 20.3. The Morgan fingerprint density at radius 3 is 2.94 bits per heavy atom. The molecule has 0 radical (unpaired) electrons. The van der Waals surface area contributed by atoms with E-state index in [1.807, 2.05) is 6.07 Å². The second-order valence-electron chi connectivity index (χ2n) is 5.08. The highest BCUT2D eigenvalue weighted by atomic mass is 35.5. The van der Waals surface area contributed by atoms with Gasteiger partial charge in [0.1, 0.15) is 5.82 Å². The van der Waals surface area contributed by atoms with Crippen molar-refractivity contribution in [2.45, 2.75) is 26.8 Å². The minimum absolute atomic E-state index is 0.468. The van der Waals surface area contributed by atoms with Gasteiger partial charge in [0.2, 0.25) is 0 Å². The zero-order chi connectivity index (χ0) is 12.4. The molecule has 2 heterocycles. The first-order valence-electron chi connectivity index (χ1n) is 6.21. The number of aromatic nitrogens is 1. The van der Waals surface area contributed by atoms with E-state index in [9.17, 15) is 0 Å². The Bertz CT molecular complexity index is 392. The smallest absolute Gasteiger partial charge is 0.128 e. The van der Waals surface area contributed by atoms with Crippen molar-refractivity contribution in [1.29, 1.82) is 0 Å². The minimum atomic E-state index is 0.468. The Hall–Kier alpha value is -0.800. The molecular formula is C13H20ClN3. The van der Waals surface area contributed by atoms with Crippen LogP contribution in [-0.4, -0.2) is 18.1 Å². The van der Waals surface area contributed by atoms with E-state index in [4.69, 9.17) is 17.3 Å². The zero-order valence-electron chi connectivity index (χ0n) is 10.5. The van der Waals surface area contributed by atoms with Gasteiger partial charge in [-0.25, -0.2) is 4.98 Å². The van der Waals surface area contributed by atoms with Crippen molar-refractivity contribution in [3.8, 4) is 0 Å². The van der Waals surface area contributed by atoms with Crippen LogP contribution in [0, 0.1) is 11.8 Å². The molecule has 1 aliphatic rings. The molecular weight excluding hydrogens is 234 g/mol. The number of nitrogens with zero attached hydrogens (tertiary/aromatic N) is 2. The van der Waals surface area contributed by atoms with Crippen molar-refractivity contribution in [3.63, 3.8) is 0 Å². The Balaban J connectivity index is 2.13. The van der Waals surface area contributed by atoms with E-state index < -0.39 is 0 Å². The van der Waals surface area contributed by atoms with Gasteiger partial charge >= 0.3 is 0 Å². The minimum Gasteiger partial charge on any atom is -0.356 e. The van der Waals surface area contributed by atoms with Crippen LogP contribution in [-0.2, 0) is 6.54 Å². The van der Waals surface area contributed by atoms with E-state index in [2.05, 4.69) is 23.7 Å². The second kappa shape index (κ2) is 5.23. The number of rotatable bonds is 3. The maximum absolute atomic E-state index is 6.02. The maximum Gasteiger partial charge on any atom is 0.128 e. The molecule has 0 aromatic carbocycles. The van der Waals surface area contributed by atoms with Gasteiger partial charge < -0.3 is 10.6 Å².